The lowest BCUT2D eigenvalue weighted by molar-refractivity contribution is -0.119. The van der Waals surface area contributed by atoms with Crippen LogP contribution < -0.4 is 10.9 Å². The third-order valence-corrected chi connectivity index (χ3v) is 5.01. The van der Waals surface area contributed by atoms with E-state index in [1.807, 2.05) is 24.3 Å². The van der Waals surface area contributed by atoms with E-state index >= 15 is 0 Å². The summed E-state index contributed by atoms with van der Waals surface area (Å²) < 4.78 is 0. The molecule has 1 aromatic carbocycles. The number of halogens is 1. The van der Waals surface area contributed by atoms with Crippen molar-refractivity contribution in [2.24, 2.45) is 9.98 Å². The van der Waals surface area contributed by atoms with Crippen LogP contribution in [0.4, 0.5) is 5.00 Å². The Labute approximate surface area is 149 Å². The van der Waals surface area contributed by atoms with Crippen molar-refractivity contribution < 1.29 is 4.79 Å². The number of carbonyl (C=O) groups excluding carboxylic acids is 1. The summed E-state index contributed by atoms with van der Waals surface area (Å²) in [5.74, 6) is 0.413. The van der Waals surface area contributed by atoms with Crippen LogP contribution in [0.15, 0.2) is 40.3 Å². The third-order valence-electron chi connectivity index (χ3n) is 3.50. The summed E-state index contributed by atoms with van der Waals surface area (Å²) in [6.07, 6.45) is 0.928. The monoisotopic (exact) mass is 360 g/mol. The molecule has 7 heteroatoms. The molecular weight excluding hydrogens is 344 g/mol. The van der Waals surface area contributed by atoms with E-state index in [0.29, 0.717) is 17.4 Å². The zero-order chi connectivity index (χ0) is 17.1. The van der Waals surface area contributed by atoms with Crippen molar-refractivity contribution in [2.75, 3.05) is 6.54 Å². The van der Waals surface area contributed by atoms with E-state index in [9.17, 15) is 4.79 Å². The van der Waals surface area contributed by atoms with Gasteiger partial charge in [-0.25, -0.2) is 4.99 Å². The van der Waals surface area contributed by atoms with Gasteiger partial charge in [0.15, 0.2) is 0 Å². The van der Waals surface area contributed by atoms with Crippen LogP contribution in [0.5, 0.6) is 0 Å². The SMILES string of the molecule is CCc1cc2c(s1)N=C(NNC(C)=O)CN=C2c1ccccc1Cl. The van der Waals surface area contributed by atoms with Crippen LogP contribution in [0.3, 0.4) is 0 Å². The number of carbonyl (C=O) groups is 1. The first-order valence-corrected chi connectivity index (χ1v) is 8.80. The molecule has 0 spiro atoms. The number of nitrogens with one attached hydrogen (secondary N) is 2. The van der Waals surface area contributed by atoms with E-state index in [-0.39, 0.29) is 5.91 Å². The molecule has 1 aliphatic heterocycles. The summed E-state index contributed by atoms with van der Waals surface area (Å²) in [6.45, 7) is 3.88. The zero-order valence-corrected chi connectivity index (χ0v) is 15.0. The number of hydrazine groups is 1. The van der Waals surface area contributed by atoms with Gasteiger partial charge in [0.2, 0.25) is 5.91 Å². The Morgan fingerprint density at radius 1 is 1.33 bits per heavy atom. The van der Waals surface area contributed by atoms with Crippen molar-refractivity contribution in [2.45, 2.75) is 20.3 Å². The summed E-state index contributed by atoms with van der Waals surface area (Å²) in [4.78, 5) is 21.7. The van der Waals surface area contributed by atoms with Gasteiger partial charge in [-0.1, -0.05) is 36.7 Å². The van der Waals surface area contributed by atoms with Crippen molar-refractivity contribution in [1.29, 1.82) is 0 Å². The number of benzene rings is 1. The van der Waals surface area contributed by atoms with E-state index in [4.69, 9.17) is 16.6 Å². The first-order chi connectivity index (χ1) is 11.6. The van der Waals surface area contributed by atoms with Gasteiger partial charge in [0.05, 0.1) is 12.3 Å². The van der Waals surface area contributed by atoms with E-state index in [0.717, 1.165) is 28.3 Å². The first kappa shape index (κ1) is 16.7. The number of thiophene rings is 1. The second-order valence-corrected chi connectivity index (χ2v) is 6.82. The minimum absolute atomic E-state index is 0.182. The second kappa shape index (κ2) is 7.15. The highest BCUT2D eigenvalue weighted by Gasteiger charge is 2.20. The minimum atomic E-state index is -0.182. The maximum absolute atomic E-state index is 11.1. The van der Waals surface area contributed by atoms with E-state index in [1.165, 1.54) is 11.8 Å². The maximum atomic E-state index is 11.1. The lowest BCUT2D eigenvalue weighted by Gasteiger charge is -2.07. The Morgan fingerprint density at radius 2 is 2.12 bits per heavy atom. The van der Waals surface area contributed by atoms with Gasteiger partial charge < -0.3 is 0 Å². The predicted octanol–water partition coefficient (Wildman–Crippen LogP) is 3.49. The number of nitrogens with zero attached hydrogens (tertiary/aromatic N) is 2. The summed E-state index contributed by atoms with van der Waals surface area (Å²) in [7, 11) is 0. The number of rotatable bonds is 2. The predicted molar refractivity (Wildman–Crippen MR) is 99.7 cm³/mol. The molecular formula is C17H17ClN4OS. The van der Waals surface area contributed by atoms with Gasteiger partial charge in [-0.05, 0) is 18.6 Å². The van der Waals surface area contributed by atoms with Crippen LogP contribution in [0.1, 0.15) is 29.9 Å². The minimum Gasteiger partial charge on any atom is -0.284 e. The van der Waals surface area contributed by atoms with Crippen molar-refractivity contribution in [3.05, 3.63) is 51.4 Å². The van der Waals surface area contributed by atoms with Crippen LogP contribution in [-0.4, -0.2) is 24.0 Å². The fourth-order valence-corrected chi connectivity index (χ4v) is 3.58. The first-order valence-electron chi connectivity index (χ1n) is 7.61. The Bertz CT molecular complexity index is 841. The lowest BCUT2D eigenvalue weighted by atomic mass is 10.0. The highest BCUT2D eigenvalue weighted by Crippen LogP contribution is 2.35. The average molecular weight is 361 g/mol. The van der Waals surface area contributed by atoms with Gasteiger partial charge in [-0.2, -0.15) is 0 Å². The topological polar surface area (TPSA) is 65.8 Å². The lowest BCUT2D eigenvalue weighted by Crippen LogP contribution is -2.41. The molecule has 0 fully saturated rings. The van der Waals surface area contributed by atoms with Crippen molar-refractivity contribution in [3.63, 3.8) is 0 Å². The van der Waals surface area contributed by atoms with Gasteiger partial charge in [0.1, 0.15) is 10.8 Å². The molecule has 1 amide bonds. The average Bonchev–Trinajstić information content (AvgIpc) is 2.89. The van der Waals surface area contributed by atoms with Crippen molar-refractivity contribution in [3.8, 4) is 0 Å². The molecule has 0 saturated carbocycles. The highest BCUT2D eigenvalue weighted by molar-refractivity contribution is 7.16. The van der Waals surface area contributed by atoms with Crippen LogP contribution in [0.2, 0.25) is 5.02 Å². The number of hydrogen-bond donors (Lipinski definition) is 2. The van der Waals surface area contributed by atoms with Crippen LogP contribution in [0.25, 0.3) is 0 Å². The molecule has 0 bridgehead atoms. The summed E-state index contributed by atoms with van der Waals surface area (Å²) in [6, 6.07) is 9.77. The van der Waals surface area contributed by atoms with Crippen LogP contribution in [-0.2, 0) is 11.2 Å². The number of amides is 1. The van der Waals surface area contributed by atoms with Crippen molar-refractivity contribution in [1.82, 2.24) is 10.9 Å². The molecule has 2 N–H and O–H groups in total. The van der Waals surface area contributed by atoms with E-state index < -0.39 is 0 Å². The molecule has 1 aliphatic rings. The molecule has 0 radical (unpaired) electrons. The number of amidine groups is 1. The highest BCUT2D eigenvalue weighted by atomic mass is 35.5. The standard InChI is InChI=1S/C17H17ClN4OS/c1-3-11-8-13-16(12-6-4-5-7-14(12)18)19-9-15(20-17(13)24-11)22-21-10(2)23/h4-8H,3,9H2,1-2H3,(H,20,22)(H,21,23). The molecule has 0 atom stereocenters. The fourth-order valence-electron chi connectivity index (χ4n) is 2.37. The molecule has 5 nitrogen and oxygen atoms in total. The zero-order valence-electron chi connectivity index (χ0n) is 13.4. The normalized spacial score (nSPS) is 13.5. The molecule has 0 saturated heterocycles. The van der Waals surface area contributed by atoms with Gasteiger partial charge in [0.25, 0.3) is 0 Å². The van der Waals surface area contributed by atoms with Gasteiger partial charge in [0, 0.05) is 28.0 Å². The Kier molecular flexibility index (Phi) is 4.97. The number of hydrogen-bond acceptors (Lipinski definition) is 5. The fraction of sp³-hybridized carbons (Fsp3) is 0.235. The Morgan fingerprint density at radius 3 is 2.83 bits per heavy atom. The van der Waals surface area contributed by atoms with E-state index in [2.05, 4.69) is 28.8 Å². The van der Waals surface area contributed by atoms with Crippen LogP contribution in [0, 0.1) is 0 Å². The van der Waals surface area contributed by atoms with E-state index in [1.54, 1.807) is 11.3 Å². The maximum Gasteiger partial charge on any atom is 0.235 e. The molecule has 0 aliphatic carbocycles. The molecule has 1 aromatic heterocycles. The molecule has 24 heavy (non-hydrogen) atoms. The van der Waals surface area contributed by atoms with Gasteiger partial charge in [-0.3, -0.25) is 20.6 Å². The summed E-state index contributed by atoms with van der Waals surface area (Å²) >= 11 is 8.00. The van der Waals surface area contributed by atoms with Gasteiger partial charge >= 0.3 is 0 Å². The molecule has 3 rings (SSSR count). The Balaban J connectivity index is 2.05. The quantitative estimate of drug-likeness (QED) is 0.805. The smallest absolute Gasteiger partial charge is 0.235 e. The second-order valence-electron chi connectivity index (χ2n) is 5.29. The number of fused-ring (bicyclic) bond motifs is 1. The molecule has 2 aromatic rings. The van der Waals surface area contributed by atoms with Crippen LogP contribution >= 0.6 is 22.9 Å². The number of aryl methyl sites for hydroxylation is 1. The summed E-state index contributed by atoms with van der Waals surface area (Å²) in [5.41, 5.74) is 8.07. The molecule has 2 heterocycles. The molecule has 124 valence electrons. The largest absolute Gasteiger partial charge is 0.284 e. The Hall–Kier alpha value is -2.18. The molecule has 0 unspecified atom stereocenters. The third kappa shape index (κ3) is 3.49. The van der Waals surface area contributed by atoms with Crippen molar-refractivity contribution >= 4 is 45.4 Å². The number of aliphatic imine (C=N–C) groups is 2. The summed E-state index contributed by atoms with van der Waals surface area (Å²) in [5, 5.41) is 1.53. The van der Waals surface area contributed by atoms with Gasteiger partial charge in [-0.15, -0.1) is 11.3 Å².